The number of rotatable bonds is 6. The second-order valence-corrected chi connectivity index (χ2v) is 8.69. The lowest BCUT2D eigenvalue weighted by molar-refractivity contribution is 0.572. The number of aromatic nitrogens is 5. The number of nitrogens with one attached hydrogen (secondary N) is 2. The third-order valence-corrected chi connectivity index (χ3v) is 6.43. The number of pyridine rings is 1. The predicted octanol–water partition coefficient (Wildman–Crippen LogP) is 3.52. The average Bonchev–Trinajstić information content (AvgIpc) is 3.35. The van der Waals surface area contributed by atoms with Gasteiger partial charge in [-0.25, -0.2) is 9.97 Å². The lowest BCUT2D eigenvalue weighted by Crippen LogP contribution is -2.31. The molecule has 1 aliphatic heterocycles. The van der Waals surface area contributed by atoms with E-state index in [-0.39, 0.29) is 0 Å². The highest BCUT2D eigenvalue weighted by Crippen LogP contribution is 2.28. The van der Waals surface area contributed by atoms with Gasteiger partial charge in [-0.1, -0.05) is 19.2 Å². The third kappa shape index (κ3) is 4.62. The minimum Gasteiger partial charge on any atom is -0.356 e. The van der Waals surface area contributed by atoms with Crippen LogP contribution >= 0.6 is 0 Å². The summed E-state index contributed by atoms with van der Waals surface area (Å²) >= 11 is 0. The number of imidazole rings is 1. The lowest BCUT2D eigenvalue weighted by atomic mass is 10.1. The molecule has 2 N–H and O–H groups in total. The number of nitrogens with zero attached hydrogens (tertiary/aromatic N) is 5. The van der Waals surface area contributed by atoms with Crippen molar-refractivity contribution in [2.24, 2.45) is 7.05 Å². The van der Waals surface area contributed by atoms with Gasteiger partial charge in [-0.05, 0) is 57.7 Å². The zero-order valence-corrected chi connectivity index (χ0v) is 20.1. The Kier molecular flexibility index (Phi) is 6.49. The van der Waals surface area contributed by atoms with Crippen molar-refractivity contribution in [2.45, 2.75) is 40.0 Å². The van der Waals surface area contributed by atoms with Crippen molar-refractivity contribution in [1.29, 1.82) is 0 Å². The molecule has 0 amide bonds. The fourth-order valence-electron chi connectivity index (χ4n) is 4.23. The van der Waals surface area contributed by atoms with E-state index in [9.17, 15) is 0 Å². The molecule has 4 rings (SSSR count). The maximum absolute atomic E-state index is 4.64. The van der Waals surface area contributed by atoms with E-state index in [2.05, 4.69) is 68.0 Å². The Labute approximate surface area is 195 Å². The number of anilines is 2. The minimum atomic E-state index is 0.706. The molecule has 0 spiro atoms. The molecular formula is C26H33N7. The molecule has 0 bridgehead atoms. The van der Waals surface area contributed by atoms with E-state index in [1.165, 1.54) is 19.3 Å². The number of aromatic amines is 1. The van der Waals surface area contributed by atoms with Crippen LogP contribution in [0, 0.1) is 13.8 Å². The zero-order valence-electron chi connectivity index (χ0n) is 20.1. The average molecular weight is 444 g/mol. The first kappa shape index (κ1) is 22.6. The van der Waals surface area contributed by atoms with Gasteiger partial charge in [-0.3, -0.25) is 5.10 Å². The summed E-state index contributed by atoms with van der Waals surface area (Å²) in [6.07, 6.45) is 11.5. The highest BCUT2D eigenvalue weighted by atomic mass is 15.2. The summed E-state index contributed by atoms with van der Waals surface area (Å²) in [6, 6.07) is 1.98. The SMILES string of the molecule is C=C(Nc1ccnc(N2CCCCC2)c1C)c1n[nH]/c(=C/C=C(\C)c2cnc(C)n2C)c1=C. The zero-order chi connectivity index (χ0) is 23.5. The van der Waals surface area contributed by atoms with Crippen molar-refractivity contribution in [3.8, 4) is 0 Å². The van der Waals surface area contributed by atoms with Crippen molar-refractivity contribution in [2.75, 3.05) is 23.3 Å². The van der Waals surface area contributed by atoms with Crippen LogP contribution in [-0.4, -0.2) is 37.8 Å². The lowest BCUT2D eigenvalue weighted by Gasteiger charge is -2.29. The van der Waals surface area contributed by atoms with Crippen molar-refractivity contribution in [3.63, 3.8) is 0 Å². The van der Waals surface area contributed by atoms with Gasteiger partial charge in [0.05, 0.1) is 22.9 Å². The largest absolute Gasteiger partial charge is 0.356 e. The first-order chi connectivity index (χ1) is 15.9. The Morgan fingerprint density at radius 3 is 2.64 bits per heavy atom. The van der Waals surface area contributed by atoms with E-state index in [1.54, 1.807) is 0 Å². The van der Waals surface area contributed by atoms with Crippen molar-refractivity contribution >= 4 is 35.4 Å². The van der Waals surface area contributed by atoms with Crippen LogP contribution in [-0.2, 0) is 7.05 Å². The second kappa shape index (κ2) is 9.48. The summed E-state index contributed by atoms with van der Waals surface area (Å²) in [7, 11) is 2.02. The summed E-state index contributed by atoms with van der Waals surface area (Å²) in [6.45, 7) is 16.8. The van der Waals surface area contributed by atoms with Crippen LogP contribution in [0.4, 0.5) is 11.5 Å². The molecule has 0 atom stereocenters. The molecule has 1 aliphatic rings. The van der Waals surface area contributed by atoms with Crippen LogP contribution in [0.25, 0.3) is 23.9 Å². The van der Waals surface area contributed by atoms with Crippen LogP contribution in [0.1, 0.15) is 49.0 Å². The number of hydrogen-bond donors (Lipinski definition) is 2. The highest BCUT2D eigenvalue weighted by molar-refractivity contribution is 5.77. The van der Waals surface area contributed by atoms with Gasteiger partial charge in [0.15, 0.2) is 0 Å². The van der Waals surface area contributed by atoms with E-state index in [4.69, 9.17) is 0 Å². The fourth-order valence-corrected chi connectivity index (χ4v) is 4.23. The molecule has 7 nitrogen and oxygen atoms in total. The standard InChI is InChI=1S/C26H33N7/c1-17(24-16-28-21(5)32(24)6)10-11-23-18(2)25(31-30-23)20(4)29-22-12-13-27-26(19(22)3)33-14-8-7-9-15-33/h10-13,16,30H,2,4,7-9,14-15H2,1,3,5-6H3,(H,27,29)/b17-10+,23-11+. The van der Waals surface area contributed by atoms with Crippen molar-refractivity contribution < 1.29 is 0 Å². The van der Waals surface area contributed by atoms with E-state index < -0.39 is 0 Å². The second-order valence-electron chi connectivity index (χ2n) is 8.69. The molecule has 0 radical (unpaired) electrons. The van der Waals surface area contributed by atoms with Gasteiger partial charge in [-0.2, -0.15) is 5.10 Å². The van der Waals surface area contributed by atoms with Crippen LogP contribution in [0.15, 0.2) is 31.1 Å². The van der Waals surface area contributed by atoms with Crippen molar-refractivity contribution in [3.05, 3.63) is 64.5 Å². The quantitative estimate of drug-likeness (QED) is 0.610. The Morgan fingerprint density at radius 1 is 1.18 bits per heavy atom. The van der Waals surface area contributed by atoms with Gasteiger partial charge in [0, 0.05) is 42.8 Å². The molecule has 4 heterocycles. The Morgan fingerprint density at radius 2 is 1.94 bits per heavy atom. The molecule has 1 saturated heterocycles. The van der Waals surface area contributed by atoms with Gasteiger partial charge in [0.2, 0.25) is 0 Å². The maximum Gasteiger partial charge on any atom is 0.133 e. The fraction of sp³-hybridized carbons (Fsp3) is 0.346. The van der Waals surface area contributed by atoms with Crippen LogP contribution in [0.3, 0.4) is 0 Å². The highest BCUT2D eigenvalue weighted by Gasteiger charge is 2.16. The predicted molar refractivity (Wildman–Crippen MR) is 137 cm³/mol. The van der Waals surface area contributed by atoms with Crippen LogP contribution in [0.2, 0.25) is 0 Å². The maximum atomic E-state index is 4.64. The van der Waals surface area contributed by atoms with Gasteiger partial charge in [0.25, 0.3) is 0 Å². The van der Waals surface area contributed by atoms with Gasteiger partial charge in [0.1, 0.15) is 17.3 Å². The number of allylic oxidation sites excluding steroid dienone is 2. The molecule has 3 aromatic heterocycles. The van der Waals surface area contributed by atoms with E-state index in [1.807, 2.05) is 38.5 Å². The number of hydrogen-bond acceptors (Lipinski definition) is 5. The normalized spacial score (nSPS) is 15.2. The van der Waals surface area contributed by atoms with Gasteiger partial charge in [-0.15, -0.1) is 0 Å². The molecule has 0 unspecified atom stereocenters. The molecule has 172 valence electrons. The van der Waals surface area contributed by atoms with E-state index in [0.29, 0.717) is 5.70 Å². The topological polar surface area (TPSA) is 74.7 Å². The Hall–Kier alpha value is -3.61. The summed E-state index contributed by atoms with van der Waals surface area (Å²) < 4.78 is 2.07. The molecule has 3 aromatic rings. The van der Waals surface area contributed by atoms with Gasteiger partial charge >= 0.3 is 0 Å². The van der Waals surface area contributed by atoms with E-state index >= 15 is 0 Å². The summed E-state index contributed by atoms with van der Waals surface area (Å²) in [4.78, 5) is 11.4. The molecule has 0 aromatic carbocycles. The van der Waals surface area contributed by atoms with Gasteiger partial charge < -0.3 is 14.8 Å². The number of H-pyrrole nitrogens is 1. The monoisotopic (exact) mass is 443 g/mol. The Bertz CT molecular complexity index is 1300. The van der Waals surface area contributed by atoms with Crippen LogP contribution < -0.4 is 20.8 Å². The van der Waals surface area contributed by atoms with Crippen molar-refractivity contribution in [1.82, 2.24) is 24.7 Å². The Balaban J connectivity index is 1.55. The minimum absolute atomic E-state index is 0.706. The molecule has 0 saturated carbocycles. The molecular weight excluding hydrogens is 410 g/mol. The molecule has 1 fully saturated rings. The smallest absolute Gasteiger partial charge is 0.133 e. The first-order valence-corrected chi connectivity index (χ1v) is 11.4. The third-order valence-electron chi connectivity index (χ3n) is 6.43. The van der Waals surface area contributed by atoms with Crippen LogP contribution in [0.5, 0.6) is 0 Å². The first-order valence-electron chi connectivity index (χ1n) is 11.4. The molecule has 7 heteroatoms. The number of piperidine rings is 1. The number of aryl methyl sites for hydroxylation is 1. The van der Waals surface area contributed by atoms with E-state index in [0.717, 1.165) is 63.5 Å². The summed E-state index contributed by atoms with van der Waals surface area (Å²) in [5.74, 6) is 2.03. The molecule has 33 heavy (non-hydrogen) atoms. The molecule has 0 aliphatic carbocycles. The summed E-state index contributed by atoms with van der Waals surface area (Å²) in [5.41, 5.74) is 5.74. The summed E-state index contributed by atoms with van der Waals surface area (Å²) in [5, 5.41) is 12.7.